The van der Waals surface area contributed by atoms with E-state index < -0.39 is 0 Å². The van der Waals surface area contributed by atoms with Crippen molar-refractivity contribution in [1.82, 2.24) is 0 Å². The maximum absolute atomic E-state index is 13.4. The van der Waals surface area contributed by atoms with Crippen molar-refractivity contribution in [3.8, 4) is 0 Å². The van der Waals surface area contributed by atoms with Gasteiger partial charge < -0.3 is 0 Å². The summed E-state index contributed by atoms with van der Waals surface area (Å²) in [5, 5.41) is 0.404. The summed E-state index contributed by atoms with van der Waals surface area (Å²) < 4.78 is 13.4. The van der Waals surface area contributed by atoms with Gasteiger partial charge in [-0.15, -0.1) is 11.6 Å². The summed E-state index contributed by atoms with van der Waals surface area (Å²) in [6.07, 6.45) is 1.78. The minimum atomic E-state index is -0.314. The highest BCUT2D eigenvalue weighted by atomic mass is 35.5. The van der Waals surface area contributed by atoms with Crippen LogP contribution in [0.2, 0.25) is 5.02 Å². The van der Waals surface area contributed by atoms with Crippen molar-refractivity contribution < 1.29 is 4.39 Å². The van der Waals surface area contributed by atoms with Crippen molar-refractivity contribution in [1.29, 1.82) is 0 Å². The third-order valence-electron chi connectivity index (χ3n) is 2.20. The van der Waals surface area contributed by atoms with Gasteiger partial charge in [0.1, 0.15) is 5.82 Å². The fourth-order valence-electron chi connectivity index (χ4n) is 1.18. The maximum Gasteiger partial charge on any atom is 0.131 e. The number of alkyl halides is 1. The Balaban J connectivity index is 3.06. The van der Waals surface area contributed by atoms with E-state index >= 15 is 0 Å². The Labute approximate surface area is 99.7 Å². The van der Waals surface area contributed by atoms with Gasteiger partial charge in [0.05, 0.1) is 0 Å². The van der Waals surface area contributed by atoms with Gasteiger partial charge in [-0.25, -0.2) is 4.39 Å². The van der Waals surface area contributed by atoms with E-state index in [1.54, 1.807) is 18.2 Å². The molecule has 0 unspecified atom stereocenters. The summed E-state index contributed by atoms with van der Waals surface area (Å²) in [6, 6.07) is 4.63. The quantitative estimate of drug-likeness (QED) is 0.675. The average Bonchev–Trinajstić information content (AvgIpc) is 2.16. The van der Waals surface area contributed by atoms with Crippen LogP contribution < -0.4 is 0 Å². The van der Waals surface area contributed by atoms with Gasteiger partial charge in [-0.2, -0.15) is 0 Å². The molecule has 0 heterocycles. The summed E-state index contributed by atoms with van der Waals surface area (Å²) in [4.78, 5) is 0. The molecule has 82 valence electrons. The van der Waals surface area contributed by atoms with Crippen LogP contribution in [0.4, 0.5) is 4.39 Å². The second-order valence-corrected chi connectivity index (χ2v) is 4.38. The van der Waals surface area contributed by atoms with E-state index in [0.29, 0.717) is 22.4 Å². The molecule has 0 fully saturated rings. The molecule has 1 aromatic rings. The average molecular weight is 247 g/mol. The minimum Gasteiger partial charge on any atom is -0.206 e. The van der Waals surface area contributed by atoms with Crippen molar-refractivity contribution in [3.63, 3.8) is 0 Å². The van der Waals surface area contributed by atoms with Gasteiger partial charge in [0.15, 0.2) is 0 Å². The first-order chi connectivity index (χ1) is 7.04. The second-order valence-electron chi connectivity index (χ2n) is 3.67. The van der Waals surface area contributed by atoms with Gasteiger partial charge in [0.25, 0.3) is 0 Å². The predicted octanol–water partition coefficient (Wildman–Crippen LogP) is 4.76. The van der Waals surface area contributed by atoms with Crippen LogP contribution in [0.15, 0.2) is 23.8 Å². The van der Waals surface area contributed by atoms with Crippen LogP contribution in [0.25, 0.3) is 6.08 Å². The molecular formula is C12H13Cl2F. The Hall–Kier alpha value is -0.530. The van der Waals surface area contributed by atoms with Crippen molar-refractivity contribution in [2.75, 3.05) is 5.88 Å². The Morgan fingerprint density at radius 1 is 1.47 bits per heavy atom. The third kappa shape index (κ3) is 3.51. The Morgan fingerprint density at radius 3 is 2.60 bits per heavy atom. The first-order valence-corrected chi connectivity index (χ1v) is 5.67. The lowest BCUT2D eigenvalue weighted by Crippen LogP contribution is -1.96. The lowest BCUT2D eigenvalue weighted by Gasteiger charge is -2.08. The van der Waals surface area contributed by atoms with Gasteiger partial charge in [0.2, 0.25) is 0 Å². The fourth-order valence-corrected chi connectivity index (χ4v) is 1.72. The van der Waals surface area contributed by atoms with E-state index in [4.69, 9.17) is 23.2 Å². The Bertz CT molecular complexity index is 370. The molecule has 1 aromatic carbocycles. The van der Waals surface area contributed by atoms with Crippen molar-refractivity contribution in [2.45, 2.75) is 13.8 Å². The van der Waals surface area contributed by atoms with E-state index in [-0.39, 0.29) is 5.82 Å². The SMILES string of the molecule is CC(C)/C(=C/c1ccc(Cl)cc1F)CCl. The summed E-state index contributed by atoms with van der Waals surface area (Å²) in [5.74, 6) is 0.419. The molecule has 0 amide bonds. The predicted molar refractivity (Wildman–Crippen MR) is 64.9 cm³/mol. The molecule has 0 saturated heterocycles. The molecule has 0 N–H and O–H groups in total. The lowest BCUT2D eigenvalue weighted by atomic mass is 10.0. The molecule has 0 radical (unpaired) electrons. The number of hydrogen-bond acceptors (Lipinski definition) is 0. The van der Waals surface area contributed by atoms with E-state index in [9.17, 15) is 4.39 Å². The van der Waals surface area contributed by atoms with Crippen molar-refractivity contribution >= 4 is 29.3 Å². The molecule has 0 aromatic heterocycles. The van der Waals surface area contributed by atoms with Crippen LogP contribution in [0.5, 0.6) is 0 Å². The number of hydrogen-bond donors (Lipinski definition) is 0. The standard InChI is InChI=1S/C12H13Cl2F/c1-8(2)10(7-13)5-9-3-4-11(14)6-12(9)15/h3-6,8H,7H2,1-2H3/b10-5+. The lowest BCUT2D eigenvalue weighted by molar-refractivity contribution is 0.624. The van der Waals surface area contributed by atoms with Crippen LogP contribution in [0.3, 0.4) is 0 Å². The summed E-state index contributed by atoms with van der Waals surface area (Å²) in [6.45, 7) is 4.06. The molecule has 1 rings (SSSR count). The van der Waals surface area contributed by atoms with E-state index in [0.717, 1.165) is 5.57 Å². The van der Waals surface area contributed by atoms with Crippen LogP contribution in [-0.4, -0.2) is 5.88 Å². The Morgan fingerprint density at radius 2 is 2.13 bits per heavy atom. The van der Waals surface area contributed by atoms with E-state index in [2.05, 4.69) is 0 Å². The molecule has 0 aliphatic rings. The molecule has 0 nitrogen and oxygen atoms in total. The zero-order chi connectivity index (χ0) is 11.4. The normalized spacial score (nSPS) is 12.3. The van der Waals surface area contributed by atoms with Crippen molar-refractivity contribution in [2.24, 2.45) is 5.92 Å². The number of halogens is 3. The van der Waals surface area contributed by atoms with Gasteiger partial charge in [-0.05, 0) is 18.1 Å². The number of allylic oxidation sites excluding steroid dienone is 1. The van der Waals surface area contributed by atoms with E-state index in [1.807, 2.05) is 13.8 Å². The van der Waals surface area contributed by atoms with Crippen LogP contribution >= 0.6 is 23.2 Å². The highest BCUT2D eigenvalue weighted by molar-refractivity contribution is 6.30. The topological polar surface area (TPSA) is 0 Å². The van der Waals surface area contributed by atoms with Crippen LogP contribution in [0, 0.1) is 11.7 Å². The first kappa shape index (κ1) is 12.5. The monoisotopic (exact) mass is 246 g/mol. The van der Waals surface area contributed by atoms with Gasteiger partial charge in [-0.1, -0.05) is 43.2 Å². The molecule has 15 heavy (non-hydrogen) atoms. The smallest absolute Gasteiger partial charge is 0.131 e. The first-order valence-electron chi connectivity index (χ1n) is 4.76. The number of benzene rings is 1. The largest absolute Gasteiger partial charge is 0.206 e. The Kier molecular flexibility index (Phi) is 4.62. The molecular weight excluding hydrogens is 234 g/mol. The minimum absolute atomic E-state index is 0.314. The molecule has 3 heteroatoms. The molecule has 0 spiro atoms. The molecule has 0 bridgehead atoms. The van der Waals surface area contributed by atoms with Gasteiger partial charge in [0, 0.05) is 16.5 Å². The van der Waals surface area contributed by atoms with Crippen molar-refractivity contribution in [3.05, 3.63) is 40.2 Å². The van der Waals surface area contributed by atoms with Gasteiger partial charge >= 0.3 is 0 Å². The fraction of sp³-hybridized carbons (Fsp3) is 0.333. The zero-order valence-corrected chi connectivity index (χ0v) is 10.2. The third-order valence-corrected chi connectivity index (χ3v) is 2.74. The van der Waals surface area contributed by atoms with Crippen LogP contribution in [-0.2, 0) is 0 Å². The molecule has 0 saturated carbocycles. The van der Waals surface area contributed by atoms with Gasteiger partial charge in [-0.3, -0.25) is 0 Å². The second kappa shape index (κ2) is 5.53. The molecule has 0 atom stereocenters. The molecule has 0 aliphatic heterocycles. The summed E-state index contributed by atoms with van der Waals surface area (Å²) >= 11 is 11.4. The molecule has 0 aliphatic carbocycles. The summed E-state index contributed by atoms with van der Waals surface area (Å²) in [5.41, 5.74) is 1.54. The van der Waals surface area contributed by atoms with Crippen LogP contribution in [0.1, 0.15) is 19.4 Å². The summed E-state index contributed by atoms with van der Waals surface area (Å²) in [7, 11) is 0. The highest BCUT2D eigenvalue weighted by Gasteiger charge is 2.05. The zero-order valence-electron chi connectivity index (χ0n) is 8.73. The van der Waals surface area contributed by atoms with E-state index in [1.165, 1.54) is 6.07 Å². The highest BCUT2D eigenvalue weighted by Crippen LogP contribution is 2.20. The maximum atomic E-state index is 13.4. The number of rotatable bonds is 3.